The molecule has 1 saturated heterocycles. The van der Waals surface area contributed by atoms with Crippen LogP contribution in [0.4, 0.5) is 0 Å². The molecule has 1 aliphatic heterocycles. The highest BCUT2D eigenvalue weighted by Gasteiger charge is 2.26. The Kier molecular flexibility index (Phi) is 7.31. The maximum Gasteiger partial charge on any atom is 0.316 e. The fourth-order valence-corrected chi connectivity index (χ4v) is 3.41. The van der Waals surface area contributed by atoms with E-state index < -0.39 is 5.97 Å². The Morgan fingerprint density at radius 1 is 1.20 bits per heavy atom. The number of hydrogen-bond donors (Lipinski definition) is 1. The van der Waals surface area contributed by atoms with E-state index in [2.05, 4.69) is 0 Å². The molecule has 1 aliphatic rings. The van der Waals surface area contributed by atoms with Gasteiger partial charge in [-0.05, 0) is 25.3 Å². The molecule has 0 unspecified atom stereocenters. The Morgan fingerprint density at radius 3 is 2.44 bits per heavy atom. The van der Waals surface area contributed by atoms with Gasteiger partial charge in [-0.25, -0.2) is 0 Å². The predicted octanol–water partition coefficient (Wildman–Crippen LogP) is 1.50. The van der Waals surface area contributed by atoms with E-state index in [0.717, 1.165) is 11.3 Å². The van der Waals surface area contributed by atoms with Crippen molar-refractivity contribution in [1.82, 2.24) is 4.90 Å². The molecule has 0 aliphatic carbocycles. The summed E-state index contributed by atoms with van der Waals surface area (Å²) in [5.74, 6) is -0.152. The number of esters is 1. The Balaban J connectivity index is 1.62. The number of benzene rings is 1. The SMILES string of the molecule is Cc1ccc(CSCC(=O)OCC(=O)N2CCC(C(N)=O)CC2)cc1. The number of aryl methyl sites for hydroxylation is 1. The summed E-state index contributed by atoms with van der Waals surface area (Å²) in [5.41, 5.74) is 7.62. The van der Waals surface area contributed by atoms with Crippen LogP contribution in [0.5, 0.6) is 0 Å². The van der Waals surface area contributed by atoms with Gasteiger partial charge < -0.3 is 15.4 Å². The molecule has 136 valence electrons. The van der Waals surface area contributed by atoms with Gasteiger partial charge in [0.15, 0.2) is 6.61 Å². The average molecular weight is 364 g/mol. The molecule has 25 heavy (non-hydrogen) atoms. The molecule has 2 amide bonds. The molecule has 6 nitrogen and oxygen atoms in total. The first-order valence-corrected chi connectivity index (χ1v) is 9.47. The number of likely N-dealkylation sites (tertiary alicyclic amines) is 1. The molecule has 0 aromatic heterocycles. The lowest BCUT2D eigenvalue weighted by atomic mass is 9.96. The van der Waals surface area contributed by atoms with Crippen molar-refractivity contribution in [3.8, 4) is 0 Å². The number of nitrogens with two attached hydrogens (primary N) is 1. The maximum absolute atomic E-state index is 12.0. The summed E-state index contributed by atoms with van der Waals surface area (Å²) >= 11 is 1.46. The zero-order valence-electron chi connectivity index (χ0n) is 14.4. The van der Waals surface area contributed by atoms with Crippen LogP contribution in [0, 0.1) is 12.8 Å². The van der Waals surface area contributed by atoms with E-state index in [9.17, 15) is 14.4 Å². The van der Waals surface area contributed by atoms with Gasteiger partial charge in [-0.1, -0.05) is 29.8 Å². The van der Waals surface area contributed by atoms with E-state index in [1.54, 1.807) is 4.90 Å². The number of ether oxygens (including phenoxy) is 1. The molecule has 0 bridgehead atoms. The summed E-state index contributed by atoms with van der Waals surface area (Å²) in [6.07, 6.45) is 1.14. The number of rotatable bonds is 7. The molecule has 1 aromatic rings. The number of nitrogens with zero attached hydrogens (tertiary/aromatic N) is 1. The van der Waals surface area contributed by atoms with Crippen LogP contribution in [-0.4, -0.2) is 48.1 Å². The van der Waals surface area contributed by atoms with Gasteiger partial charge in [0.2, 0.25) is 5.91 Å². The molecule has 1 aromatic carbocycles. The average Bonchev–Trinajstić information content (AvgIpc) is 2.61. The van der Waals surface area contributed by atoms with Gasteiger partial charge in [0.25, 0.3) is 5.91 Å². The highest BCUT2D eigenvalue weighted by Crippen LogP contribution is 2.17. The molecule has 1 fully saturated rings. The predicted molar refractivity (Wildman–Crippen MR) is 96.8 cm³/mol. The highest BCUT2D eigenvalue weighted by molar-refractivity contribution is 7.99. The second-order valence-electron chi connectivity index (χ2n) is 6.20. The number of carbonyl (C=O) groups excluding carboxylic acids is 3. The van der Waals surface area contributed by atoms with Crippen molar-refractivity contribution < 1.29 is 19.1 Å². The fourth-order valence-electron chi connectivity index (χ4n) is 2.63. The van der Waals surface area contributed by atoms with Crippen LogP contribution in [0.25, 0.3) is 0 Å². The number of piperidine rings is 1. The largest absolute Gasteiger partial charge is 0.455 e. The van der Waals surface area contributed by atoms with Crippen molar-refractivity contribution in [3.63, 3.8) is 0 Å². The van der Waals surface area contributed by atoms with Gasteiger partial charge >= 0.3 is 5.97 Å². The van der Waals surface area contributed by atoms with Crippen LogP contribution in [-0.2, 0) is 24.9 Å². The van der Waals surface area contributed by atoms with Crippen molar-refractivity contribution >= 4 is 29.5 Å². The van der Waals surface area contributed by atoms with Crippen LogP contribution >= 0.6 is 11.8 Å². The second-order valence-corrected chi connectivity index (χ2v) is 7.18. The van der Waals surface area contributed by atoms with Crippen LogP contribution in [0.1, 0.15) is 24.0 Å². The molecule has 7 heteroatoms. The molecular formula is C18H24N2O4S. The van der Waals surface area contributed by atoms with Crippen molar-refractivity contribution in [2.45, 2.75) is 25.5 Å². The van der Waals surface area contributed by atoms with E-state index in [4.69, 9.17) is 10.5 Å². The quantitative estimate of drug-likeness (QED) is 0.741. The Hall–Kier alpha value is -2.02. The number of thioether (sulfide) groups is 1. The standard InChI is InChI=1S/C18H24N2O4S/c1-13-2-4-14(5-3-13)11-25-12-17(22)24-10-16(21)20-8-6-15(7-9-20)18(19)23/h2-5,15H,6-12H2,1H3,(H2,19,23). The van der Waals surface area contributed by atoms with Crippen molar-refractivity contribution in [1.29, 1.82) is 0 Å². The van der Waals surface area contributed by atoms with Crippen LogP contribution < -0.4 is 5.73 Å². The summed E-state index contributed by atoms with van der Waals surface area (Å²) in [4.78, 5) is 36.5. The molecular weight excluding hydrogens is 340 g/mol. The molecule has 0 radical (unpaired) electrons. The first-order valence-electron chi connectivity index (χ1n) is 8.31. The lowest BCUT2D eigenvalue weighted by molar-refractivity contribution is -0.150. The smallest absolute Gasteiger partial charge is 0.316 e. The van der Waals surface area contributed by atoms with Gasteiger partial charge in [0, 0.05) is 24.8 Å². The van der Waals surface area contributed by atoms with Gasteiger partial charge in [-0.3, -0.25) is 14.4 Å². The van der Waals surface area contributed by atoms with Gasteiger partial charge in [-0.2, -0.15) is 0 Å². The summed E-state index contributed by atoms with van der Waals surface area (Å²) in [7, 11) is 0. The lowest BCUT2D eigenvalue weighted by Gasteiger charge is -2.30. The van der Waals surface area contributed by atoms with Crippen LogP contribution in [0.3, 0.4) is 0 Å². The summed E-state index contributed by atoms with van der Waals surface area (Å²) in [6, 6.07) is 8.14. The van der Waals surface area contributed by atoms with Gasteiger partial charge in [0.05, 0.1) is 5.75 Å². The van der Waals surface area contributed by atoms with Crippen molar-refractivity contribution in [3.05, 3.63) is 35.4 Å². The third-order valence-corrected chi connectivity index (χ3v) is 5.19. The molecule has 0 atom stereocenters. The van der Waals surface area contributed by atoms with Crippen molar-refractivity contribution in [2.75, 3.05) is 25.4 Å². The molecule has 2 rings (SSSR count). The third kappa shape index (κ3) is 6.42. The zero-order valence-corrected chi connectivity index (χ0v) is 15.2. The zero-order chi connectivity index (χ0) is 18.2. The molecule has 0 saturated carbocycles. The maximum atomic E-state index is 12.0. The number of primary amides is 1. The first-order chi connectivity index (χ1) is 12.0. The number of carbonyl (C=O) groups is 3. The van der Waals surface area contributed by atoms with Crippen LogP contribution in [0.15, 0.2) is 24.3 Å². The number of amides is 2. The van der Waals surface area contributed by atoms with Crippen molar-refractivity contribution in [2.24, 2.45) is 11.7 Å². The topological polar surface area (TPSA) is 89.7 Å². The lowest BCUT2D eigenvalue weighted by Crippen LogP contribution is -2.43. The highest BCUT2D eigenvalue weighted by atomic mass is 32.2. The fraction of sp³-hybridized carbons (Fsp3) is 0.500. The Morgan fingerprint density at radius 2 is 1.84 bits per heavy atom. The summed E-state index contributed by atoms with van der Waals surface area (Å²) in [5, 5.41) is 0. The third-order valence-electron chi connectivity index (χ3n) is 4.22. The Bertz CT molecular complexity index is 610. The summed E-state index contributed by atoms with van der Waals surface area (Å²) < 4.78 is 5.05. The first kappa shape index (κ1) is 19.3. The van der Waals surface area contributed by atoms with E-state index in [-0.39, 0.29) is 30.1 Å². The molecule has 0 spiro atoms. The minimum atomic E-state index is -0.391. The second kappa shape index (κ2) is 9.46. The van der Waals surface area contributed by atoms with E-state index in [1.807, 2.05) is 31.2 Å². The molecule has 1 heterocycles. The van der Waals surface area contributed by atoms with E-state index in [1.165, 1.54) is 17.3 Å². The minimum Gasteiger partial charge on any atom is -0.455 e. The van der Waals surface area contributed by atoms with E-state index >= 15 is 0 Å². The Labute approximate surface area is 152 Å². The molecule has 2 N–H and O–H groups in total. The minimum absolute atomic E-state index is 0.162. The van der Waals surface area contributed by atoms with E-state index in [0.29, 0.717) is 25.9 Å². The normalized spacial score (nSPS) is 15.0. The summed E-state index contributed by atoms with van der Waals surface area (Å²) in [6.45, 7) is 2.74. The monoisotopic (exact) mass is 364 g/mol. The number of hydrogen-bond acceptors (Lipinski definition) is 5. The van der Waals surface area contributed by atoms with Gasteiger partial charge in [0.1, 0.15) is 0 Å². The van der Waals surface area contributed by atoms with Crippen LogP contribution in [0.2, 0.25) is 0 Å². The van der Waals surface area contributed by atoms with Gasteiger partial charge in [-0.15, -0.1) is 11.8 Å².